The monoisotopic (exact) mass is 292 g/mol. The summed E-state index contributed by atoms with van der Waals surface area (Å²) in [5.41, 5.74) is 5.19. The van der Waals surface area contributed by atoms with Gasteiger partial charge in [-0.25, -0.2) is 21.9 Å². The molecule has 0 fully saturated rings. The average Bonchev–Trinajstić information content (AvgIpc) is 2.30. The van der Waals surface area contributed by atoms with Gasteiger partial charge in [-0.15, -0.1) is 0 Å². The van der Waals surface area contributed by atoms with Crippen molar-refractivity contribution in [2.75, 3.05) is 12.3 Å². The summed E-state index contributed by atoms with van der Waals surface area (Å²) in [5.74, 6) is -2.36. The van der Waals surface area contributed by atoms with Crippen LogP contribution in [0.25, 0.3) is 0 Å². The van der Waals surface area contributed by atoms with Gasteiger partial charge in [0.25, 0.3) is 0 Å². The average molecular weight is 292 g/mol. The largest absolute Gasteiger partial charge is 0.399 e. The Morgan fingerprint density at radius 2 is 1.84 bits per heavy atom. The summed E-state index contributed by atoms with van der Waals surface area (Å²) in [4.78, 5) is -0.763. The van der Waals surface area contributed by atoms with Crippen molar-refractivity contribution in [3.63, 3.8) is 0 Å². The van der Waals surface area contributed by atoms with Gasteiger partial charge in [-0.3, -0.25) is 0 Å². The first kappa shape index (κ1) is 15.8. The van der Waals surface area contributed by atoms with Crippen LogP contribution < -0.4 is 10.5 Å². The van der Waals surface area contributed by atoms with E-state index in [9.17, 15) is 17.2 Å². The van der Waals surface area contributed by atoms with Gasteiger partial charge in [0.05, 0.1) is 0 Å². The molecule has 1 aromatic carbocycles. The molecular formula is C12H18F2N2O2S. The Balaban J connectivity index is 3.01. The number of sulfonamides is 1. The molecule has 0 saturated heterocycles. The highest BCUT2D eigenvalue weighted by Gasteiger charge is 2.23. The predicted octanol–water partition coefficient (Wildman–Crippen LogP) is 2.12. The number of nitrogens with one attached hydrogen (secondary N) is 1. The minimum atomic E-state index is -4.11. The Morgan fingerprint density at radius 3 is 2.37 bits per heavy atom. The molecule has 0 bridgehead atoms. The molecular weight excluding hydrogens is 274 g/mol. The third kappa shape index (κ3) is 3.87. The molecule has 1 atom stereocenters. The molecule has 0 amide bonds. The van der Waals surface area contributed by atoms with Crippen LogP contribution in [-0.2, 0) is 10.0 Å². The normalized spacial score (nSPS) is 13.8. The molecule has 0 aliphatic rings. The standard InChI is InChI=1S/C12H18F2N2O2S/c1-7(2)8(3)6-16-19(17,18)11-5-9(15)4-10(13)12(11)14/h4-5,7-8,16H,6,15H2,1-3H3. The lowest BCUT2D eigenvalue weighted by Gasteiger charge is -2.16. The number of rotatable bonds is 5. The number of hydrogen-bond donors (Lipinski definition) is 2. The number of anilines is 1. The van der Waals surface area contributed by atoms with Crippen molar-refractivity contribution in [3.8, 4) is 0 Å². The van der Waals surface area contributed by atoms with Crippen LogP contribution in [0.15, 0.2) is 17.0 Å². The molecule has 3 N–H and O–H groups in total. The molecule has 19 heavy (non-hydrogen) atoms. The summed E-state index contributed by atoms with van der Waals surface area (Å²) in [6.45, 7) is 5.90. The first-order chi connectivity index (χ1) is 8.65. The van der Waals surface area contributed by atoms with E-state index in [1.54, 1.807) is 0 Å². The number of nitrogen functional groups attached to an aromatic ring is 1. The van der Waals surface area contributed by atoms with Crippen molar-refractivity contribution in [2.45, 2.75) is 25.7 Å². The SMILES string of the molecule is CC(C)C(C)CNS(=O)(=O)c1cc(N)cc(F)c1F. The third-order valence-corrected chi connectivity index (χ3v) is 4.46. The van der Waals surface area contributed by atoms with Crippen molar-refractivity contribution >= 4 is 15.7 Å². The van der Waals surface area contributed by atoms with Gasteiger partial charge in [-0.2, -0.15) is 0 Å². The summed E-state index contributed by atoms with van der Waals surface area (Å²) in [5, 5.41) is 0. The fourth-order valence-electron chi connectivity index (χ4n) is 1.33. The highest BCUT2D eigenvalue weighted by atomic mass is 32.2. The molecule has 1 aromatic rings. The van der Waals surface area contributed by atoms with Crippen LogP contribution in [-0.4, -0.2) is 15.0 Å². The Labute approximate surface area is 112 Å². The summed E-state index contributed by atoms with van der Waals surface area (Å²) in [6, 6.07) is 1.64. The van der Waals surface area contributed by atoms with E-state index in [4.69, 9.17) is 5.73 Å². The smallest absolute Gasteiger partial charge is 0.243 e. The lowest BCUT2D eigenvalue weighted by molar-refractivity contribution is 0.413. The number of benzene rings is 1. The number of halogens is 2. The number of hydrogen-bond acceptors (Lipinski definition) is 3. The van der Waals surface area contributed by atoms with Crippen molar-refractivity contribution < 1.29 is 17.2 Å². The van der Waals surface area contributed by atoms with Gasteiger partial charge in [-0.1, -0.05) is 20.8 Å². The van der Waals surface area contributed by atoms with Crippen molar-refractivity contribution in [3.05, 3.63) is 23.8 Å². The van der Waals surface area contributed by atoms with E-state index in [-0.39, 0.29) is 24.1 Å². The highest BCUT2D eigenvalue weighted by molar-refractivity contribution is 7.89. The zero-order valence-electron chi connectivity index (χ0n) is 11.1. The highest BCUT2D eigenvalue weighted by Crippen LogP contribution is 2.21. The van der Waals surface area contributed by atoms with Crippen LogP contribution >= 0.6 is 0 Å². The van der Waals surface area contributed by atoms with E-state index in [1.807, 2.05) is 20.8 Å². The van der Waals surface area contributed by atoms with E-state index in [1.165, 1.54) is 0 Å². The molecule has 0 aromatic heterocycles. The van der Waals surface area contributed by atoms with E-state index in [0.717, 1.165) is 12.1 Å². The van der Waals surface area contributed by atoms with Crippen LogP contribution in [0.1, 0.15) is 20.8 Å². The Morgan fingerprint density at radius 1 is 1.26 bits per heavy atom. The Kier molecular flexibility index (Phi) is 4.86. The summed E-state index contributed by atoms with van der Waals surface area (Å²) < 4.78 is 52.7. The lowest BCUT2D eigenvalue weighted by Crippen LogP contribution is -2.31. The van der Waals surface area contributed by atoms with Crippen molar-refractivity contribution in [2.24, 2.45) is 11.8 Å². The second kappa shape index (κ2) is 5.83. The maximum absolute atomic E-state index is 13.5. The molecule has 4 nitrogen and oxygen atoms in total. The van der Waals surface area contributed by atoms with Crippen LogP contribution in [0.2, 0.25) is 0 Å². The molecule has 0 heterocycles. The lowest BCUT2D eigenvalue weighted by atomic mass is 9.99. The molecule has 7 heteroatoms. The van der Waals surface area contributed by atoms with Gasteiger partial charge in [0.1, 0.15) is 4.90 Å². The number of nitrogens with two attached hydrogens (primary N) is 1. The predicted molar refractivity (Wildman–Crippen MR) is 70.0 cm³/mol. The van der Waals surface area contributed by atoms with Crippen molar-refractivity contribution in [1.82, 2.24) is 4.72 Å². The zero-order valence-corrected chi connectivity index (χ0v) is 11.9. The molecule has 1 unspecified atom stereocenters. The molecule has 0 aliphatic carbocycles. The first-order valence-electron chi connectivity index (χ1n) is 5.89. The zero-order chi connectivity index (χ0) is 14.8. The Hall–Kier alpha value is -1.21. The molecule has 0 aliphatic heterocycles. The van der Waals surface area contributed by atoms with E-state index in [0.29, 0.717) is 0 Å². The Bertz CT molecular complexity index is 559. The first-order valence-corrected chi connectivity index (χ1v) is 7.37. The van der Waals surface area contributed by atoms with Gasteiger partial charge >= 0.3 is 0 Å². The van der Waals surface area contributed by atoms with E-state index < -0.39 is 26.6 Å². The summed E-state index contributed by atoms with van der Waals surface area (Å²) in [7, 11) is -4.11. The fourth-order valence-corrected chi connectivity index (χ4v) is 2.60. The van der Waals surface area contributed by atoms with Crippen LogP contribution in [0.3, 0.4) is 0 Å². The quantitative estimate of drug-likeness (QED) is 0.816. The minimum Gasteiger partial charge on any atom is -0.399 e. The van der Waals surface area contributed by atoms with Crippen LogP contribution in [0, 0.1) is 23.5 Å². The van der Waals surface area contributed by atoms with E-state index in [2.05, 4.69) is 4.72 Å². The van der Waals surface area contributed by atoms with Crippen molar-refractivity contribution in [1.29, 1.82) is 0 Å². The molecule has 0 spiro atoms. The third-order valence-electron chi connectivity index (χ3n) is 3.04. The maximum atomic E-state index is 13.5. The van der Waals surface area contributed by atoms with Gasteiger partial charge in [0, 0.05) is 12.2 Å². The second-order valence-corrected chi connectivity index (χ2v) is 6.62. The summed E-state index contributed by atoms with van der Waals surface area (Å²) in [6.07, 6.45) is 0. The second-order valence-electron chi connectivity index (χ2n) is 4.89. The topological polar surface area (TPSA) is 72.2 Å². The van der Waals surface area contributed by atoms with Gasteiger partial charge in [-0.05, 0) is 24.0 Å². The minimum absolute atomic E-state index is 0.0729. The van der Waals surface area contributed by atoms with Gasteiger partial charge < -0.3 is 5.73 Å². The van der Waals surface area contributed by atoms with Crippen LogP contribution in [0.5, 0.6) is 0 Å². The van der Waals surface area contributed by atoms with Gasteiger partial charge in [0.15, 0.2) is 11.6 Å². The van der Waals surface area contributed by atoms with Gasteiger partial charge in [0.2, 0.25) is 10.0 Å². The maximum Gasteiger partial charge on any atom is 0.243 e. The molecule has 108 valence electrons. The molecule has 1 rings (SSSR count). The molecule has 0 radical (unpaired) electrons. The summed E-state index contributed by atoms with van der Waals surface area (Å²) >= 11 is 0. The fraction of sp³-hybridized carbons (Fsp3) is 0.500. The van der Waals surface area contributed by atoms with E-state index >= 15 is 0 Å². The van der Waals surface area contributed by atoms with Crippen LogP contribution in [0.4, 0.5) is 14.5 Å². The molecule has 0 saturated carbocycles.